The van der Waals surface area contributed by atoms with Crippen LogP contribution < -0.4 is 9.64 Å². The van der Waals surface area contributed by atoms with Crippen molar-refractivity contribution < 1.29 is 20.1 Å². The number of phenols is 3. The van der Waals surface area contributed by atoms with E-state index in [1.165, 1.54) is 0 Å². The molecule has 0 saturated carbocycles. The summed E-state index contributed by atoms with van der Waals surface area (Å²) in [6, 6.07) is 18.9. The van der Waals surface area contributed by atoms with Crippen LogP contribution in [0.3, 0.4) is 0 Å². The first-order valence-electron chi connectivity index (χ1n) is 11.6. The number of hydrogen-bond donors (Lipinski definition) is 3. The van der Waals surface area contributed by atoms with Crippen molar-refractivity contribution >= 4 is 17.1 Å². The summed E-state index contributed by atoms with van der Waals surface area (Å²) in [5.74, 6) is 1.74. The zero-order valence-electron chi connectivity index (χ0n) is 21.0. The summed E-state index contributed by atoms with van der Waals surface area (Å²) >= 11 is 0. The Bertz CT molecular complexity index is 1370. The SMILES string of the molecule is Cc1cc(O)c(C)c(Oc2ccccc2N(c2ccc(C)c(O)c2C)c2ccc(C)c(O)c2C)c1. The monoisotopic (exact) mass is 469 g/mol. The summed E-state index contributed by atoms with van der Waals surface area (Å²) in [5.41, 5.74) is 6.77. The van der Waals surface area contributed by atoms with E-state index in [4.69, 9.17) is 4.74 Å². The van der Waals surface area contributed by atoms with E-state index in [1.807, 2.05) is 101 Å². The molecule has 5 nitrogen and oxygen atoms in total. The third kappa shape index (κ3) is 4.37. The molecule has 0 amide bonds. The Hall–Kier alpha value is -4.12. The molecular weight excluding hydrogens is 438 g/mol. The van der Waals surface area contributed by atoms with Gasteiger partial charge >= 0.3 is 0 Å². The van der Waals surface area contributed by atoms with Crippen molar-refractivity contribution in [3.05, 3.63) is 94.0 Å². The van der Waals surface area contributed by atoms with Gasteiger partial charge in [-0.05, 0) is 94.6 Å². The van der Waals surface area contributed by atoms with Gasteiger partial charge in [0.25, 0.3) is 0 Å². The molecule has 0 fully saturated rings. The largest absolute Gasteiger partial charge is 0.508 e. The predicted octanol–water partition coefficient (Wildman–Crippen LogP) is 7.92. The highest BCUT2D eigenvalue weighted by Crippen LogP contribution is 2.47. The number of anilines is 3. The Labute approximate surface area is 206 Å². The van der Waals surface area contributed by atoms with E-state index in [9.17, 15) is 15.3 Å². The number of aryl methyl sites for hydroxylation is 3. The molecule has 180 valence electrons. The summed E-state index contributed by atoms with van der Waals surface area (Å²) in [5, 5.41) is 31.9. The summed E-state index contributed by atoms with van der Waals surface area (Å²) in [7, 11) is 0. The van der Waals surface area contributed by atoms with Crippen LogP contribution in [0.25, 0.3) is 0 Å². The first-order valence-corrected chi connectivity index (χ1v) is 11.6. The van der Waals surface area contributed by atoms with E-state index in [1.54, 1.807) is 6.07 Å². The van der Waals surface area contributed by atoms with Gasteiger partial charge in [-0.15, -0.1) is 0 Å². The third-order valence-electron chi connectivity index (χ3n) is 6.49. The summed E-state index contributed by atoms with van der Waals surface area (Å²) in [4.78, 5) is 1.99. The Morgan fingerprint density at radius 3 is 1.69 bits per heavy atom. The molecule has 0 atom stereocenters. The van der Waals surface area contributed by atoms with Crippen molar-refractivity contribution in [3.8, 4) is 28.7 Å². The minimum atomic E-state index is 0.174. The molecule has 0 spiro atoms. The van der Waals surface area contributed by atoms with Gasteiger partial charge in [0.05, 0.1) is 17.1 Å². The number of ether oxygens (including phenoxy) is 1. The molecule has 0 aliphatic rings. The number of hydrogen-bond acceptors (Lipinski definition) is 5. The van der Waals surface area contributed by atoms with E-state index in [0.717, 1.165) is 33.8 Å². The Morgan fingerprint density at radius 2 is 1.11 bits per heavy atom. The normalized spacial score (nSPS) is 10.9. The lowest BCUT2D eigenvalue weighted by Crippen LogP contribution is -2.14. The van der Waals surface area contributed by atoms with Gasteiger partial charge < -0.3 is 25.0 Å². The molecule has 4 aromatic carbocycles. The Balaban J connectivity index is 1.98. The van der Waals surface area contributed by atoms with Crippen LogP contribution in [0.1, 0.15) is 33.4 Å². The Kier molecular flexibility index (Phi) is 6.35. The molecule has 5 heteroatoms. The van der Waals surface area contributed by atoms with Crippen LogP contribution in [0.2, 0.25) is 0 Å². The lowest BCUT2D eigenvalue weighted by atomic mass is 10.0. The molecule has 3 N–H and O–H groups in total. The maximum atomic E-state index is 10.8. The molecule has 0 aliphatic carbocycles. The number of nitrogens with zero attached hydrogens (tertiary/aromatic N) is 1. The standard InChI is InChI=1S/C30H31NO4/c1-17-15-26(32)22(6)28(16-17)35-27-10-8-7-9-25(27)31(23-13-11-18(2)29(33)20(23)4)24-14-12-19(3)30(34)21(24)5/h7-16,32-34H,1-6H3. The molecule has 4 aromatic rings. The van der Waals surface area contributed by atoms with E-state index >= 15 is 0 Å². The average molecular weight is 470 g/mol. The minimum Gasteiger partial charge on any atom is -0.508 e. The molecule has 0 radical (unpaired) electrons. The van der Waals surface area contributed by atoms with Crippen LogP contribution in [0, 0.1) is 41.5 Å². The molecular formula is C30H31NO4. The fraction of sp³-hybridized carbons (Fsp3) is 0.200. The van der Waals surface area contributed by atoms with Crippen molar-refractivity contribution in [2.24, 2.45) is 0 Å². The van der Waals surface area contributed by atoms with Gasteiger partial charge in [0.15, 0.2) is 5.75 Å². The van der Waals surface area contributed by atoms with Gasteiger partial charge in [-0.2, -0.15) is 0 Å². The zero-order chi connectivity index (χ0) is 25.4. The highest BCUT2D eigenvalue weighted by Gasteiger charge is 2.24. The van der Waals surface area contributed by atoms with Gasteiger partial charge in [0.1, 0.15) is 23.0 Å². The van der Waals surface area contributed by atoms with Crippen molar-refractivity contribution in [1.82, 2.24) is 0 Å². The van der Waals surface area contributed by atoms with E-state index in [-0.39, 0.29) is 17.2 Å². The van der Waals surface area contributed by atoms with E-state index in [0.29, 0.717) is 28.2 Å². The highest BCUT2D eigenvalue weighted by molar-refractivity contribution is 5.85. The molecule has 0 aromatic heterocycles. The quantitative estimate of drug-likeness (QED) is 0.277. The number of rotatable bonds is 5. The zero-order valence-corrected chi connectivity index (χ0v) is 21.0. The number of benzene rings is 4. The van der Waals surface area contributed by atoms with Crippen LogP contribution in [0.15, 0.2) is 60.7 Å². The van der Waals surface area contributed by atoms with Crippen molar-refractivity contribution in [2.45, 2.75) is 41.5 Å². The molecule has 0 bridgehead atoms. The highest BCUT2D eigenvalue weighted by atomic mass is 16.5. The second-order valence-electron chi connectivity index (χ2n) is 9.06. The lowest BCUT2D eigenvalue weighted by molar-refractivity contribution is 0.447. The molecule has 35 heavy (non-hydrogen) atoms. The molecule has 0 unspecified atom stereocenters. The second-order valence-corrected chi connectivity index (χ2v) is 9.06. The van der Waals surface area contributed by atoms with Crippen molar-refractivity contribution in [1.29, 1.82) is 0 Å². The topological polar surface area (TPSA) is 73.2 Å². The van der Waals surface area contributed by atoms with E-state index < -0.39 is 0 Å². The Morgan fingerprint density at radius 1 is 0.571 bits per heavy atom. The number of phenolic OH excluding ortho intramolecular Hbond substituents is 3. The van der Waals surface area contributed by atoms with Gasteiger partial charge in [-0.1, -0.05) is 24.3 Å². The van der Waals surface area contributed by atoms with Crippen LogP contribution in [-0.2, 0) is 0 Å². The second kappa shape index (κ2) is 9.26. The molecule has 0 aliphatic heterocycles. The van der Waals surface area contributed by atoms with Crippen LogP contribution >= 0.6 is 0 Å². The van der Waals surface area contributed by atoms with Crippen molar-refractivity contribution in [3.63, 3.8) is 0 Å². The predicted molar refractivity (Wildman–Crippen MR) is 141 cm³/mol. The first kappa shape index (κ1) is 24.0. The van der Waals surface area contributed by atoms with Gasteiger partial charge in [0.2, 0.25) is 0 Å². The minimum absolute atomic E-state index is 0.174. The lowest BCUT2D eigenvalue weighted by Gasteiger charge is -2.31. The van der Waals surface area contributed by atoms with Crippen LogP contribution in [-0.4, -0.2) is 15.3 Å². The fourth-order valence-electron chi connectivity index (χ4n) is 4.28. The summed E-state index contributed by atoms with van der Waals surface area (Å²) < 4.78 is 6.39. The maximum absolute atomic E-state index is 10.8. The number of para-hydroxylation sites is 2. The van der Waals surface area contributed by atoms with Gasteiger partial charge in [-0.25, -0.2) is 0 Å². The van der Waals surface area contributed by atoms with Crippen molar-refractivity contribution in [2.75, 3.05) is 4.90 Å². The van der Waals surface area contributed by atoms with E-state index in [2.05, 4.69) is 0 Å². The summed E-state index contributed by atoms with van der Waals surface area (Å²) in [6.45, 7) is 11.2. The van der Waals surface area contributed by atoms with Gasteiger partial charge in [-0.3, -0.25) is 0 Å². The average Bonchev–Trinajstić information content (AvgIpc) is 2.83. The fourth-order valence-corrected chi connectivity index (χ4v) is 4.28. The van der Waals surface area contributed by atoms with Gasteiger partial charge in [0, 0.05) is 16.7 Å². The number of aromatic hydroxyl groups is 3. The molecule has 4 rings (SSSR count). The van der Waals surface area contributed by atoms with Crippen LogP contribution in [0.5, 0.6) is 28.7 Å². The third-order valence-corrected chi connectivity index (χ3v) is 6.49. The smallest absolute Gasteiger partial charge is 0.151 e. The molecule has 0 heterocycles. The first-order chi connectivity index (χ1) is 16.6. The summed E-state index contributed by atoms with van der Waals surface area (Å²) in [6.07, 6.45) is 0. The maximum Gasteiger partial charge on any atom is 0.151 e. The van der Waals surface area contributed by atoms with Crippen LogP contribution in [0.4, 0.5) is 17.1 Å². The molecule has 0 saturated heterocycles.